The lowest BCUT2D eigenvalue weighted by atomic mass is 9.95. The maximum atomic E-state index is 6.06. The Morgan fingerprint density at radius 2 is 1.76 bits per heavy atom. The van der Waals surface area contributed by atoms with Crippen LogP contribution in [-0.4, -0.2) is 5.71 Å². The zero-order valence-corrected chi connectivity index (χ0v) is 10.8. The van der Waals surface area contributed by atoms with Gasteiger partial charge in [0.2, 0.25) is 0 Å². The first-order chi connectivity index (χ1) is 8.18. The van der Waals surface area contributed by atoms with E-state index in [2.05, 4.69) is 26.0 Å². The molecule has 0 aromatic heterocycles. The molecule has 1 aromatic rings. The predicted octanol–water partition coefficient (Wildman–Crippen LogP) is 3.98. The van der Waals surface area contributed by atoms with Crippen LogP contribution in [0, 0.1) is 5.92 Å². The van der Waals surface area contributed by atoms with E-state index in [4.69, 9.17) is 10.7 Å². The fourth-order valence-electron chi connectivity index (χ4n) is 2.47. The average molecular weight is 230 g/mol. The van der Waals surface area contributed by atoms with Crippen molar-refractivity contribution in [2.24, 2.45) is 10.9 Å². The summed E-state index contributed by atoms with van der Waals surface area (Å²) in [7, 11) is 0. The lowest BCUT2D eigenvalue weighted by molar-refractivity contribution is 0.517. The zero-order valence-electron chi connectivity index (χ0n) is 10.8. The first-order valence-corrected chi connectivity index (χ1v) is 6.58. The molecule has 2 heteroatoms. The summed E-state index contributed by atoms with van der Waals surface area (Å²) in [6.07, 6.45) is 4.95. The second kappa shape index (κ2) is 5.35. The molecular weight excluding hydrogens is 208 g/mol. The van der Waals surface area contributed by atoms with E-state index >= 15 is 0 Å². The van der Waals surface area contributed by atoms with Gasteiger partial charge >= 0.3 is 0 Å². The van der Waals surface area contributed by atoms with Gasteiger partial charge in [0.15, 0.2) is 0 Å². The number of nitrogens with two attached hydrogens (primary N) is 1. The van der Waals surface area contributed by atoms with Crippen LogP contribution in [0.3, 0.4) is 0 Å². The minimum Gasteiger partial charge on any atom is -0.398 e. The Kier molecular flexibility index (Phi) is 3.82. The molecular formula is C15H22N2. The fourth-order valence-corrected chi connectivity index (χ4v) is 2.47. The number of rotatable bonds is 3. The number of hydrogen-bond donors (Lipinski definition) is 1. The highest BCUT2D eigenvalue weighted by Gasteiger charge is 2.19. The highest BCUT2D eigenvalue weighted by atomic mass is 14.8. The van der Waals surface area contributed by atoms with Gasteiger partial charge in [0.25, 0.3) is 0 Å². The summed E-state index contributed by atoms with van der Waals surface area (Å²) in [6, 6.07) is 8.34. The summed E-state index contributed by atoms with van der Waals surface area (Å²) >= 11 is 0. The van der Waals surface area contributed by atoms with Crippen LogP contribution >= 0.6 is 0 Å². The second-order valence-corrected chi connectivity index (χ2v) is 5.22. The van der Waals surface area contributed by atoms with Gasteiger partial charge in [0.05, 0.1) is 6.04 Å². The summed E-state index contributed by atoms with van der Waals surface area (Å²) in [5, 5.41) is 0. The monoisotopic (exact) mass is 230 g/mol. The molecule has 1 aromatic carbocycles. The number of aliphatic imine (C=N–C) groups is 1. The molecule has 1 fully saturated rings. The van der Waals surface area contributed by atoms with Gasteiger partial charge in [-0.2, -0.15) is 0 Å². The molecule has 1 unspecified atom stereocenters. The third-order valence-electron chi connectivity index (χ3n) is 3.45. The quantitative estimate of drug-likeness (QED) is 0.784. The fraction of sp³-hybridized carbons (Fsp3) is 0.533. The molecule has 0 saturated heterocycles. The molecule has 0 bridgehead atoms. The Balaban J connectivity index is 2.29. The normalized spacial score (nSPS) is 17.5. The van der Waals surface area contributed by atoms with Crippen molar-refractivity contribution in [3.8, 4) is 0 Å². The zero-order chi connectivity index (χ0) is 12.3. The molecule has 0 radical (unpaired) electrons. The molecule has 1 atom stereocenters. The summed E-state index contributed by atoms with van der Waals surface area (Å²) < 4.78 is 0. The molecule has 92 valence electrons. The maximum absolute atomic E-state index is 6.06. The van der Waals surface area contributed by atoms with E-state index in [1.54, 1.807) is 0 Å². The van der Waals surface area contributed by atoms with E-state index in [0.717, 1.165) is 5.69 Å². The minimum absolute atomic E-state index is 0.226. The molecule has 17 heavy (non-hydrogen) atoms. The van der Waals surface area contributed by atoms with Crippen molar-refractivity contribution in [1.29, 1.82) is 0 Å². The Morgan fingerprint density at radius 1 is 1.12 bits per heavy atom. The third-order valence-corrected chi connectivity index (χ3v) is 3.45. The van der Waals surface area contributed by atoms with Crippen LogP contribution in [0.15, 0.2) is 29.3 Å². The van der Waals surface area contributed by atoms with Gasteiger partial charge in [0, 0.05) is 11.4 Å². The van der Waals surface area contributed by atoms with Crippen molar-refractivity contribution in [3.63, 3.8) is 0 Å². The van der Waals surface area contributed by atoms with Crippen molar-refractivity contribution >= 4 is 11.4 Å². The van der Waals surface area contributed by atoms with Crippen molar-refractivity contribution in [3.05, 3.63) is 29.8 Å². The number of nitrogens with zero attached hydrogens (tertiary/aromatic N) is 1. The van der Waals surface area contributed by atoms with Gasteiger partial charge in [-0.25, -0.2) is 0 Å². The highest BCUT2D eigenvalue weighted by Crippen LogP contribution is 2.31. The number of nitrogen functional groups attached to an aromatic ring is 1. The van der Waals surface area contributed by atoms with Crippen LogP contribution in [0.5, 0.6) is 0 Å². The molecule has 0 aliphatic heterocycles. The summed E-state index contributed by atoms with van der Waals surface area (Å²) in [5.41, 5.74) is 9.50. The highest BCUT2D eigenvalue weighted by molar-refractivity contribution is 5.86. The van der Waals surface area contributed by atoms with E-state index < -0.39 is 0 Å². The van der Waals surface area contributed by atoms with Crippen LogP contribution in [-0.2, 0) is 0 Å². The van der Waals surface area contributed by atoms with E-state index in [0.29, 0.717) is 5.92 Å². The van der Waals surface area contributed by atoms with Gasteiger partial charge < -0.3 is 5.73 Å². The van der Waals surface area contributed by atoms with Gasteiger partial charge in [-0.1, -0.05) is 32.0 Å². The first kappa shape index (κ1) is 12.2. The molecule has 0 amide bonds. The first-order valence-electron chi connectivity index (χ1n) is 6.58. The largest absolute Gasteiger partial charge is 0.398 e. The van der Waals surface area contributed by atoms with Crippen molar-refractivity contribution in [2.45, 2.75) is 45.6 Å². The molecule has 2 nitrogen and oxygen atoms in total. The molecule has 1 aliphatic carbocycles. The Labute approximate surface area is 104 Å². The minimum atomic E-state index is 0.226. The molecule has 2 N–H and O–H groups in total. The van der Waals surface area contributed by atoms with E-state index in [1.165, 1.54) is 37.0 Å². The molecule has 0 heterocycles. The standard InChI is InChI=1S/C15H22N2/c1-11(2)15(17-12-7-3-4-8-12)13-9-5-6-10-14(13)16/h5-6,9-11,15H,3-4,7-8,16H2,1-2H3. The maximum Gasteiger partial charge on any atom is 0.0791 e. The van der Waals surface area contributed by atoms with Crippen molar-refractivity contribution < 1.29 is 0 Å². The van der Waals surface area contributed by atoms with Crippen LogP contribution < -0.4 is 5.73 Å². The van der Waals surface area contributed by atoms with E-state index in [-0.39, 0.29) is 6.04 Å². The summed E-state index contributed by atoms with van der Waals surface area (Å²) in [5.74, 6) is 0.493. The van der Waals surface area contributed by atoms with E-state index in [9.17, 15) is 0 Å². The van der Waals surface area contributed by atoms with Crippen molar-refractivity contribution in [2.75, 3.05) is 5.73 Å². The second-order valence-electron chi connectivity index (χ2n) is 5.22. The van der Waals surface area contributed by atoms with Crippen LogP contribution in [0.2, 0.25) is 0 Å². The van der Waals surface area contributed by atoms with Gasteiger partial charge in [-0.05, 0) is 43.2 Å². The predicted molar refractivity (Wildman–Crippen MR) is 74.3 cm³/mol. The molecule has 1 aliphatic rings. The SMILES string of the molecule is CC(C)C(N=C1CCCC1)c1ccccc1N. The van der Waals surface area contributed by atoms with Gasteiger partial charge in [-0.3, -0.25) is 4.99 Å². The number of anilines is 1. The van der Waals surface area contributed by atoms with E-state index in [1.807, 2.05) is 12.1 Å². The smallest absolute Gasteiger partial charge is 0.0791 e. The lowest BCUT2D eigenvalue weighted by Crippen LogP contribution is -2.09. The molecule has 0 spiro atoms. The van der Waals surface area contributed by atoms with Crippen LogP contribution in [0.4, 0.5) is 5.69 Å². The lowest BCUT2D eigenvalue weighted by Gasteiger charge is -2.19. The average Bonchev–Trinajstić information content (AvgIpc) is 2.79. The molecule has 2 rings (SSSR count). The van der Waals surface area contributed by atoms with Crippen LogP contribution in [0.1, 0.15) is 51.1 Å². The Hall–Kier alpha value is -1.31. The summed E-state index contributed by atoms with van der Waals surface area (Å²) in [6.45, 7) is 4.44. The topological polar surface area (TPSA) is 38.4 Å². The Morgan fingerprint density at radius 3 is 2.35 bits per heavy atom. The number of benzene rings is 1. The Bertz CT molecular complexity index is 399. The number of para-hydroxylation sites is 1. The van der Waals surface area contributed by atoms with Crippen LogP contribution in [0.25, 0.3) is 0 Å². The van der Waals surface area contributed by atoms with Gasteiger partial charge in [0.1, 0.15) is 0 Å². The van der Waals surface area contributed by atoms with Gasteiger partial charge in [-0.15, -0.1) is 0 Å². The summed E-state index contributed by atoms with van der Waals surface area (Å²) in [4.78, 5) is 4.94. The van der Waals surface area contributed by atoms with Crippen molar-refractivity contribution in [1.82, 2.24) is 0 Å². The molecule has 1 saturated carbocycles. The third kappa shape index (κ3) is 2.87. The number of hydrogen-bond acceptors (Lipinski definition) is 2.